The van der Waals surface area contributed by atoms with Crippen LogP contribution in [0.2, 0.25) is 0 Å². The van der Waals surface area contributed by atoms with E-state index in [9.17, 15) is 4.79 Å². The zero-order valence-corrected chi connectivity index (χ0v) is 19.0. The summed E-state index contributed by atoms with van der Waals surface area (Å²) in [5.41, 5.74) is 5.48. The largest absolute Gasteiger partial charge is 0.497 e. The molecule has 5 rings (SSSR count). The highest BCUT2D eigenvalue weighted by molar-refractivity contribution is 5.78. The van der Waals surface area contributed by atoms with E-state index in [-0.39, 0.29) is 5.91 Å². The Balaban J connectivity index is 1.19. The molecule has 1 amide bonds. The zero-order chi connectivity index (χ0) is 22.8. The molecule has 4 aromatic rings. The molecule has 33 heavy (non-hydrogen) atoms. The average Bonchev–Trinajstić information content (AvgIpc) is 3.48. The number of hydrogen-bond donors (Lipinski definition) is 0. The fourth-order valence-corrected chi connectivity index (χ4v) is 4.35. The van der Waals surface area contributed by atoms with E-state index in [1.54, 1.807) is 11.8 Å². The minimum atomic E-state index is 0.214. The molecule has 1 saturated heterocycles. The first-order chi connectivity index (χ1) is 16.1. The maximum Gasteiger partial charge on any atom is 0.223 e. The monoisotopic (exact) mass is 444 g/mol. The van der Waals surface area contributed by atoms with Gasteiger partial charge in [-0.05, 0) is 30.2 Å². The highest BCUT2D eigenvalue weighted by Crippen LogP contribution is 2.26. The third-order valence-corrected chi connectivity index (χ3v) is 6.29. The third kappa shape index (κ3) is 4.41. The van der Waals surface area contributed by atoms with E-state index in [1.165, 1.54) is 0 Å². The number of anilines is 1. The summed E-state index contributed by atoms with van der Waals surface area (Å²) < 4.78 is 8.91. The molecule has 1 fully saturated rings. The SMILES string of the molecule is COc1ccc(CCC(=O)N2CCN(c3cnn4cc(-c5cnn(C)c5)ccc34)CC2)cc1. The summed E-state index contributed by atoms with van der Waals surface area (Å²) in [5.74, 6) is 1.05. The van der Waals surface area contributed by atoms with Crippen LogP contribution < -0.4 is 9.64 Å². The Morgan fingerprint density at radius 3 is 2.42 bits per heavy atom. The minimum absolute atomic E-state index is 0.214. The first kappa shape index (κ1) is 21.1. The second-order valence-electron chi connectivity index (χ2n) is 8.40. The van der Waals surface area contributed by atoms with Crippen molar-refractivity contribution in [3.8, 4) is 16.9 Å². The summed E-state index contributed by atoms with van der Waals surface area (Å²) in [4.78, 5) is 17.0. The van der Waals surface area contributed by atoms with Gasteiger partial charge in [0.1, 0.15) is 5.75 Å². The van der Waals surface area contributed by atoms with E-state index in [0.717, 1.165) is 66.2 Å². The average molecular weight is 445 g/mol. The number of benzene rings is 1. The van der Waals surface area contributed by atoms with Crippen molar-refractivity contribution in [2.75, 3.05) is 38.2 Å². The van der Waals surface area contributed by atoms with Crippen molar-refractivity contribution >= 4 is 17.1 Å². The number of aromatic nitrogens is 4. The van der Waals surface area contributed by atoms with Crippen LogP contribution in [-0.4, -0.2) is 63.5 Å². The van der Waals surface area contributed by atoms with Gasteiger partial charge in [-0.15, -0.1) is 0 Å². The van der Waals surface area contributed by atoms with Crippen LogP contribution in [0.4, 0.5) is 5.69 Å². The number of carbonyl (C=O) groups excluding carboxylic acids is 1. The van der Waals surface area contributed by atoms with Crippen molar-refractivity contribution in [1.82, 2.24) is 24.3 Å². The van der Waals surface area contributed by atoms with Crippen molar-refractivity contribution in [2.24, 2.45) is 7.05 Å². The third-order valence-electron chi connectivity index (χ3n) is 6.29. The quantitative estimate of drug-likeness (QED) is 0.457. The smallest absolute Gasteiger partial charge is 0.223 e. The van der Waals surface area contributed by atoms with Gasteiger partial charge in [0.25, 0.3) is 0 Å². The first-order valence-corrected chi connectivity index (χ1v) is 11.2. The van der Waals surface area contributed by atoms with E-state index in [0.29, 0.717) is 6.42 Å². The van der Waals surface area contributed by atoms with Crippen LogP contribution in [0.5, 0.6) is 5.75 Å². The predicted octanol–water partition coefficient (Wildman–Crippen LogP) is 3.02. The molecule has 8 heteroatoms. The number of methoxy groups -OCH3 is 1. The molecule has 0 saturated carbocycles. The van der Waals surface area contributed by atoms with E-state index in [1.807, 2.05) is 65.5 Å². The van der Waals surface area contributed by atoms with Crippen molar-refractivity contribution < 1.29 is 9.53 Å². The number of nitrogens with zero attached hydrogens (tertiary/aromatic N) is 6. The molecule has 0 unspecified atom stereocenters. The van der Waals surface area contributed by atoms with Gasteiger partial charge >= 0.3 is 0 Å². The molecule has 0 bridgehead atoms. The number of ether oxygens (including phenoxy) is 1. The lowest BCUT2D eigenvalue weighted by atomic mass is 10.1. The van der Waals surface area contributed by atoms with Gasteiger partial charge in [-0.1, -0.05) is 18.2 Å². The highest BCUT2D eigenvalue weighted by atomic mass is 16.5. The number of amides is 1. The van der Waals surface area contributed by atoms with Gasteiger partial charge in [-0.2, -0.15) is 10.2 Å². The topological polar surface area (TPSA) is 67.9 Å². The summed E-state index contributed by atoms with van der Waals surface area (Å²) in [7, 11) is 3.57. The molecular formula is C25H28N6O2. The van der Waals surface area contributed by atoms with Gasteiger partial charge in [0.2, 0.25) is 5.91 Å². The van der Waals surface area contributed by atoms with Gasteiger partial charge < -0.3 is 14.5 Å². The predicted molar refractivity (Wildman–Crippen MR) is 128 cm³/mol. The van der Waals surface area contributed by atoms with Crippen LogP contribution >= 0.6 is 0 Å². The second-order valence-corrected chi connectivity index (χ2v) is 8.40. The minimum Gasteiger partial charge on any atom is -0.497 e. The molecule has 4 heterocycles. The zero-order valence-electron chi connectivity index (χ0n) is 19.0. The van der Waals surface area contributed by atoms with Gasteiger partial charge in [0.15, 0.2) is 0 Å². The summed E-state index contributed by atoms with van der Waals surface area (Å²) in [6.45, 7) is 3.07. The summed E-state index contributed by atoms with van der Waals surface area (Å²) >= 11 is 0. The van der Waals surface area contributed by atoms with Crippen molar-refractivity contribution in [3.05, 3.63) is 66.7 Å². The van der Waals surface area contributed by atoms with Crippen molar-refractivity contribution in [3.63, 3.8) is 0 Å². The van der Waals surface area contributed by atoms with Crippen LogP contribution in [0.25, 0.3) is 16.6 Å². The Bertz CT molecular complexity index is 1250. The number of carbonyl (C=O) groups is 1. The number of aryl methyl sites for hydroxylation is 2. The van der Waals surface area contributed by atoms with Crippen LogP contribution in [0.3, 0.4) is 0 Å². The van der Waals surface area contributed by atoms with Gasteiger partial charge in [-0.3, -0.25) is 9.48 Å². The van der Waals surface area contributed by atoms with Gasteiger partial charge in [-0.25, -0.2) is 4.52 Å². The Labute approximate surface area is 193 Å². The Morgan fingerprint density at radius 2 is 1.73 bits per heavy atom. The summed E-state index contributed by atoms with van der Waals surface area (Å²) in [6, 6.07) is 12.1. The molecule has 8 nitrogen and oxygen atoms in total. The normalized spacial score (nSPS) is 14.1. The van der Waals surface area contributed by atoms with Crippen LogP contribution in [0, 0.1) is 0 Å². The molecule has 3 aromatic heterocycles. The molecule has 1 aliphatic heterocycles. The number of rotatable bonds is 6. The summed E-state index contributed by atoms with van der Waals surface area (Å²) in [5, 5.41) is 8.83. The Hall–Kier alpha value is -3.81. The summed E-state index contributed by atoms with van der Waals surface area (Å²) in [6.07, 6.45) is 9.09. The van der Waals surface area contributed by atoms with E-state index in [4.69, 9.17) is 4.74 Å². The standard InChI is InChI=1S/C25H28N6O2/c1-28-17-21(15-26-28)20-6-9-23-24(16-27-31(23)18-20)29-11-13-30(14-12-29)25(32)10-5-19-3-7-22(33-2)8-4-19/h3-4,6-9,15-18H,5,10-14H2,1-2H3. The van der Waals surface area contributed by atoms with Gasteiger partial charge in [0.05, 0.1) is 30.7 Å². The van der Waals surface area contributed by atoms with E-state index < -0.39 is 0 Å². The fraction of sp³-hybridized carbons (Fsp3) is 0.320. The molecule has 1 aromatic carbocycles. The Morgan fingerprint density at radius 1 is 0.939 bits per heavy atom. The first-order valence-electron chi connectivity index (χ1n) is 11.2. The highest BCUT2D eigenvalue weighted by Gasteiger charge is 2.23. The maximum absolute atomic E-state index is 12.7. The maximum atomic E-state index is 12.7. The second kappa shape index (κ2) is 8.97. The molecule has 0 atom stereocenters. The van der Waals surface area contributed by atoms with Crippen LogP contribution in [-0.2, 0) is 18.3 Å². The number of hydrogen-bond acceptors (Lipinski definition) is 5. The number of fused-ring (bicyclic) bond motifs is 1. The van der Waals surface area contributed by atoms with Crippen LogP contribution in [0.15, 0.2) is 61.2 Å². The molecule has 1 aliphatic rings. The van der Waals surface area contributed by atoms with E-state index >= 15 is 0 Å². The Kier molecular flexibility index (Phi) is 5.73. The number of piperazine rings is 1. The lowest BCUT2D eigenvalue weighted by Crippen LogP contribution is -2.48. The fourth-order valence-electron chi connectivity index (χ4n) is 4.35. The lowest BCUT2D eigenvalue weighted by molar-refractivity contribution is -0.131. The van der Waals surface area contributed by atoms with Crippen molar-refractivity contribution in [2.45, 2.75) is 12.8 Å². The lowest BCUT2D eigenvalue weighted by Gasteiger charge is -2.35. The molecular weight excluding hydrogens is 416 g/mol. The number of pyridine rings is 1. The molecule has 0 spiro atoms. The molecule has 0 radical (unpaired) electrons. The van der Waals surface area contributed by atoms with Crippen LogP contribution in [0.1, 0.15) is 12.0 Å². The molecule has 170 valence electrons. The molecule has 0 N–H and O–H groups in total. The molecule has 0 aliphatic carbocycles. The van der Waals surface area contributed by atoms with Gasteiger partial charge in [0, 0.05) is 63.2 Å². The van der Waals surface area contributed by atoms with Crippen molar-refractivity contribution in [1.29, 1.82) is 0 Å². The van der Waals surface area contributed by atoms with E-state index in [2.05, 4.69) is 27.2 Å².